The zero-order chi connectivity index (χ0) is 6.85. The number of carbonyl (C=O) groups excluding carboxylic acids is 1. The molecule has 4 heteroatoms. The molecule has 0 bridgehead atoms. The topological polar surface area (TPSA) is 66.6 Å². The maximum Gasteiger partial charge on any atom is 0.237 e. The summed E-state index contributed by atoms with van der Waals surface area (Å²) in [5.41, 5.74) is 4.95. The summed E-state index contributed by atoms with van der Waals surface area (Å²) in [5, 5.41) is 9.89. The lowest BCUT2D eigenvalue weighted by Crippen LogP contribution is -2.38. The molecule has 1 saturated heterocycles. The highest BCUT2D eigenvalue weighted by Crippen LogP contribution is 2.12. The predicted molar refractivity (Wildman–Crippen MR) is 30.7 cm³/mol. The first-order valence-corrected chi connectivity index (χ1v) is 2.96. The van der Waals surface area contributed by atoms with Crippen molar-refractivity contribution in [2.45, 2.75) is 18.9 Å². The minimum atomic E-state index is -0.440. The molecule has 0 aliphatic carbocycles. The van der Waals surface area contributed by atoms with Crippen molar-refractivity contribution in [3.8, 4) is 0 Å². The van der Waals surface area contributed by atoms with Crippen molar-refractivity contribution in [2.75, 3.05) is 6.54 Å². The van der Waals surface area contributed by atoms with Gasteiger partial charge in [-0.1, -0.05) is 0 Å². The number of hydrogen-bond donors (Lipinski definition) is 2. The van der Waals surface area contributed by atoms with Gasteiger partial charge in [0.1, 0.15) is 6.04 Å². The molecule has 0 aromatic rings. The molecular formula is C5H10N2O2. The standard InChI is InChI=1S/C5H10N2O2/c6-5(8)4-2-1-3-7(4)9/h4,9H,1-3H2,(H2,6,8)/t4-/m0/s1. The Morgan fingerprint density at radius 3 is 2.67 bits per heavy atom. The molecule has 9 heavy (non-hydrogen) atoms. The second-order valence-electron chi connectivity index (χ2n) is 2.22. The summed E-state index contributed by atoms with van der Waals surface area (Å²) in [6.45, 7) is 0.563. The van der Waals surface area contributed by atoms with E-state index in [2.05, 4.69) is 0 Å². The van der Waals surface area contributed by atoms with Gasteiger partial charge < -0.3 is 10.9 Å². The van der Waals surface area contributed by atoms with E-state index in [1.165, 1.54) is 0 Å². The van der Waals surface area contributed by atoms with Gasteiger partial charge in [0.15, 0.2) is 0 Å². The second-order valence-corrected chi connectivity index (χ2v) is 2.22. The molecule has 0 radical (unpaired) electrons. The number of nitrogens with zero attached hydrogens (tertiary/aromatic N) is 1. The minimum Gasteiger partial charge on any atom is -0.368 e. The van der Waals surface area contributed by atoms with Gasteiger partial charge in [-0.25, -0.2) is 0 Å². The van der Waals surface area contributed by atoms with Gasteiger partial charge in [0.05, 0.1) is 0 Å². The Morgan fingerprint density at radius 1 is 1.78 bits per heavy atom. The molecule has 0 aromatic heterocycles. The van der Waals surface area contributed by atoms with Crippen LogP contribution >= 0.6 is 0 Å². The third-order valence-electron chi connectivity index (χ3n) is 1.55. The second kappa shape index (κ2) is 2.33. The van der Waals surface area contributed by atoms with Gasteiger partial charge in [-0.15, -0.1) is 0 Å². The summed E-state index contributed by atoms with van der Waals surface area (Å²) in [6.07, 6.45) is 1.54. The number of hydrogen-bond acceptors (Lipinski definition) is 3. The Bertz CT molecular complexity index is 126. The van der Waals surface area contributed by atoms with Crippen molar-refractivity contribution in [3.63, 3.8) is 0 Å². The van der Waals surface area contributed by atoms with Crippen molar-refractivity contribution in [1.82, 2.24) is 5.06 Å². The smallest absolute Gasteiger partial charge is 0.237 e. The molecule has 1 heterocycles. The van der Waals surface area contributed by atoms with Gasteiger partial charge in [0.25, 0.3) is 0 Å². The lowest BCUT2D eigenvalue weighted by molar-refractivity contribution is -0.142. The fourth-order valence-electron chi connectivity index (χ4n) is 1.04. The molecule has 3 N–H and O–H groups in total. The van der Waals surface area contributed by atoms with Crippen LogP contribution in [0.3, 0.4) is 0 Å². The highest BCUT2D eigenvalue weighted by atomic mass is 16.5. The first kappa shape index (κ1) is 6.51. The van der Waals surface area contributed by atoms with E-state index < -0.39 is 11.9 Å². The van der Waals surface area contributed by atoms with Crippen LogP contribution in [-0.4, -0.2) is 28.8 Å². The third kappa shape index (κ3) is 1.20. The van der Waals surface area contributed by atoms with Crippen LogP contribution in [0.15, 0.2) is 0 Å². The first-order chi connectivity index (χ1) is 4.22. The number of rotatable bonds is 1. The largest absolute Gasteiger partial charge is 0.368 e. The fourth-order valence-corrected chi connectivity index (χ4v) is 1.04. The summed E-state index contributed by atoms with van der Waals surface area (Å²) in [6, 6.07) is -0.440. The Hall–Kier alpha value is -0.610. The first-order valence-electron chi connectivity index (χ1n) is 2.96. The van der Waals surface area contributed by atoms with Crippen molar-refractivity contribution in [2.24, 2.45) is 5.73 Å². The molecule has 1 atom stereocenters. The van der Waals surface area contributed by atoms with Gasteiger partial charge in [-0.3, -0.25) is 4.79 Å². The number of hydroxylamine groups is 2. The van der Waals surface area contributed by atoms with Gasteiger partial charge in [0.2, 0.25) is 5.91 Å². The average molecular weight is 130 g/mol. The lowest BCUT2D eigenvalue weighted by atomic mass is 10.2. The SMILES string of the molecule is NC(=O)[C@@H]1CCCN1O. The van der Waals surface area contributed by atoms with E-state index in [4.69, 9.17) is 10.9 Å². The zero-order valence-corrected chi connectivity index (χ0v) is 5.08. The van der Waals surface area contributed by atoms with Gasteiger partial charge >= 0.3 is 0 Å². The van der Waals surface area contributed by atoms with E-state index in [-0.39, 0.29) is 0 Å². The van der Waals surface area contributed by atoms with Crippen LogP contribution in [0.25, 0.3) is 0 Å². The van der Waals surface area contributed by atoms with Crippen LogP contribution in [0.1, 0.15) is 12.8 Å². The Morgan fingerprint density at radius 2 is 2.44 bits per heavy atom. The van der Waals surface area contributed by atoms with Crippen LogP contribution in [0.5, 0.6) is 0 Å². The minimum absolute atomic E-state index is 0.435. The lowest BCUT2D eigenvalue weighted by Gasteiger charge is -2.12. The normalized spacial score (nSPS) is 28.8. The Balaban J connectivity index is 2.49. The average Bonchev–Trinajstić information content (AvgIpc) is 2.13. The maximum absolute atomic E-state index is 10.4. The molecule has 1 fully saturated rings. The Labute approximate surface area is 53.2 Å². The van der Waals surface area contributed by atoms with Crippen LogP contribution in [-0.2, 0) is 4.79 Å². The van der Waals surface area contributed by atoms with Crippen molar-refractivity contribution < 1.29 is 10.0 Å². The van der Waals surface area contributed by atoms with Gasteiger partial charge in [-0.2, -0.15) is 5.06 Å². The van der Waals surface area contributed by atoms with Crippen molar-refractivity contribution in [3.05, 3.63) is 0 Å². The molecule has 0 spiro atoms. The van der Waals surface area contributed by atoms with E-state index in [1.807, 2.05) is 0 Å². The number of carbonyl (C=O) groups is 1. The van der Waals surface area contributed by atoms with E-state index in [0.717, 1.165) is 11.5 Å². The molecule has 1 rings (SSSR count). The van der Waals surface area contributed by atoms with Crippen LogP contribution in [0.2, 0.25) is 0 Å². The van der Waals surface area contributed by atoms with E-state index in [1.54, 1.807) is 0 Å². The summed E-state index contributed by atoms with van der Waals surface area (Å²) in [4.78, 5) is 10.4. The van der Waals surface area contributed by atoms with E-state index >= 15 is 0 Å². The Kier molecular flexibility index (Phi) is 1.68. The molecule has 52 valence electrons. The van der Waals surface area contributed by atoms with E-state index in [9.17, 15) is 4.79 Å². The molecule has 4 nitrogen and oxygen atoms in total. The number of primary amides is 1. The molecule has 1 amide bonds. The third-order valence-corrected chi connectivity index (χ3v) is 1.55. The molecule has 0 unspecified atom stereocenters. The van der Waals surface area contributed by atoms with Crippen molar-refractivity contribution >= 4 is 5.91 Å². The fraction of sp³-hybridized carbons (Fsp3) is 0.800. The summed E-state index contributed by atoms with van der Waals surface area (Å²) in [5.74, 6) is -0.435. The molecule has 0 aromatic carbocycles. The zero-order valence-electron chi connectivity index (χ0n) is 5.08. The molecule has 0 saturated carbocycles. The highest BCUT2D eigenvalue weighted by molar-refractivity contribution is 5.79. The van der Waals surface area contributed by atoms with Crippen LogP contribution < -0.4 is 5.73 Å². The number of amides is 1. The maximum atomic E-state index is 10.4. The monoisotopic (exact) mass is 130 g/mol. The van der Waals surface area contributed by atoms with Crippen molar-refractivity contribution in [1.29, 1.82) is 0 Å². The summed E-state index contributed by atoms with van der Waals surface area (Å²) >= 11 is 0. The predicted octanol–water partition coefficient (Wildman–Crippen LogP) is -0.675. The quantitative estimate of drug-likeness (QED) is 0.494. The van der Waals surface area contributed by atoms with Crippen LogP contribution in [0, 0.1) is 0 Å². The molecule has 1 aliphatic heterocycles. The summed E-state index contributed by atoms with van der Waals surface area (Å²) < 4.78 is 0. The number of nitrogens with two attached hydrogens (primary N) is 1. The highest BCUT2D eigenvalue weighted by Gasteiger charge is 2.27. The molecule has 1 aliphatic rings. The van der Waals surface area contributed by atoms with Gasteiger partial charge in [-0.05, 0) is 12.8 Å². The van der Waals surface area contributed by atoms with Gasteiger partial charge in [0, 0.05) is 6.54 Å². The summed E-state index contributed by atoms with van der Waals surface area (Å²) in [7, 11) is 0. The van der Waals surface area contributed by atoms with Crippen LogP contribution in [0.4, 0.5) is 0 Å². The molecular weight excluding hydrogens is 120 g/mol. The van der Waals surface area contributed by atoms with E-state index in [0.29, 0.717) is 13.0 Å².